The Bertz CT molecular complexity index is 182. The van der Waals surface area contributed by atoms with Crippen molar-refractivity contribution < 1.29 is 0 Å². The van der Waals surface area contributed by atoms with Gasteiger partial charge in [-0.05, 0) is 43.7 Å². The lowest BCUT2D eigenvalue weighted by atomic mass is 9.95. The summed E-state index contributed by atoms with van der Waals surface area (Å²) in [6, 6.07) is 0. The Hall–Kier alpha value is -0.0800. The Balaban J connectivity index is 2.37. The second-order valence-electron chi connectivity index (χ2n) is 5.55. The van der Waals surface area contributed by atoms with E-state index in [1.807, 2.05) is 0 Å². The zero-order chi connectivity index (χ0) is 12.0. The molecule has 1 aliphatic rings. The lowest BCUT2D eigenvalue weighted by Crippen LogP contribution is -2.35. The zero-order valence-corrected chi connectivity index (χ0v) is 11.4. The van der Waals surface area contributed by atoms with Gasteiger partial charge in [0.2, 0.25) is 0 Å². The van der Waals surface area contributed by atoms with Gasteiger partial charge in [-0.3, -0.25) is 0 Å². The van der Waals surface area contributed by atoms with Crippen LogP contribution < -0.4 is 5.73 Å². The van der Waals surface area contributed by atoms with Crippen LogP contribution in [-0.2, 0) is 0 Å². The summed E-state index contributed by atoms with van der Waals surface area (Å²) in [5, 5.41) is 0. The first-order valence-electron chi connectivity index (χ1n) is 7.13. The molecule has 2 heteroatoms. The monoisotopic (exact) mass is 226 g/mol. The van der Waals surface area contributed by atoms with E-state index in [2.05, 4.69) is 25.7 Å². The predicted molar refractivity (Wildman–Crippen MR) is 71.5 cm³/mol. The Kier molecular flexibility index (Phi) is 6.37. The first-order valence-corrected chi connectivity index (χ1v) is 7.13. The molecular weight excluding hydrogens is 196 g/mol. The molecule has 0 bridgehead atoms. The maximum Gasteiger partial charge on any atom is 0.00128 e. The molecule has 0 aromatic carbocycles. The molecule has 1 aliphatic carbocycles. The van der Waals surface area contributed by atoms with Gasteiger partial charge in [0.05, 0.1) is 0 Å². The van der Waals surface area contributed by atoms with E-state index >= 15 is 0 Å². The van der Waals surface area contributed by atoms with E-state index in [4.69, 9.17) is 5.73 Å². The summed E-state index contributed by atoms with van der Waals surface area (Å²) >= 11 is 0. The van der Waals surface area contributed by atoms with E-state index < -0.39 is 0 Å². The molecule has 1 fully saturated rings. The van der Waals surface area contributed by atoms with Crippen LogP contribution >= 0.6 is 0 Å². The standard InChI is InChI=1S/C14H30N2/c1-4-12(3)10-16(5-2)11-14-8-6-7-13(14)9-15/h12-14H,4-11,15H2,1-3H3. The first kappa shape index (κ1) is 14.0. The van der Waals surface area contributed by atoms with Crippen molar-refractivity contribution in [3.05, 3.63) is 0 Å². The minimum atomic E-state index is 0.797. The molecule has 2 N–H and O–H groups in total. The second kappa shape index (κ2) is 7.29. The number of nitrogens with two attached hydrogens (primary N) is 1. The van der Waals surface area contributed by atoms with Gasteiger partial charge in [0.15, 0.2) is 0 Å². The van der Waals surface area contributed by atoms with Crippen LogP contribution in [0.4, 0.5) is 0 Å². The third-order valence-corrected chi connectivity index (χ3v) is 4.33. The summed E-state index contributed by atoms with van der Waals surface area (Å²) in [5.74, 6) is 2.50. The van der Waals surface area contributed by atoms with Crippen LogP contribution in [-0.4, -0.2) is 31.1 Å². The molecule has 0 aromatic heterocycles. The second-order valence-corrected chi connectivity index (χ2v) is 5.55. The smallest absolute Gasteiger partial charge is 0.00128 e. The molecule has 0 aromatic rings. The molecule has 0 aliphatic heterocycles. The molecule has 0 spiro atoms. The fourth-order valence-electron chi connectivity index (χ4n) is 2.90. The summed E-state index contributed by atoms with van der Waals surface area (Å²) in [4.78, 5) is 2.63. The van der Waals surface area contributed by atoms with E-state index in [1.165, 1.54) is 45.3 Å². The van der Waals surface area contributed by atoms with Crippen molar-refractivity contribution in [3.8, 4) is 0 Å². The van der Waals surface area contributed by atoms with Gasteiger partial charge in [0.1, 0.15) is 0 Å². The van der Waals surface area contributed by atoms with Crippen molar-refractivity contribution in [2.75, 3.05) is 26.2 Å². The topological polar surface area (TPSA) is 29.3 Å². The highest BCUT2D eigenvalue weighted by Crippen LogP contribution is 2.31. The summed E-state index contributed by atoms with van der Waals surface area (Å²) < 4.78 is 0. The van der Waals surface area contributed by atoms with E-state index in [0.29, 0.717) is 0 Å². The fourth-order valence-corrected chi connectivity index (χ4v) is 2.90. The molecule has 0 amide bonds. The Morgan fingerprint density at radius 3 is 2.50 bits per heavy atom. The van der Waals surface area contributed by atoms with Crippen molar-refractivity contribution in [3.63, 3.8) is 0 Å². The van der Waals surface area contributed by atoms with Gasteiger partial charge in [-0.2, -0.15) is 0 Å². The van der Waals surface area contributed by atoms with Crippen LogP contribution in [0.25, 0.3) is 0 Å². The molecule has 2 nitrogen and oxygen atoms in total. The largest absolute Gasteiger partial charge is 0.330 e. The highest BCUT2D eigenvalue weighted by atomic mass is 15.1. The van der Waals surface area contributed by atoms with Gasteiger partial charge in [-0.15, -0.1) is 0 Å². The molecule has 0 saturated heterocycles. The third-order valence-electron chi connectivity index (χ3n) is 4.33. The molecule has 0 heterocycles. The minimum Gasteiger partial charge on any atom is -0.330 e. The number of nitrogens with zero attached hydrogens (tertiary/aromatic N) is 1. The van der Waals surface area contributed by atoms with Crippen LogP contribution in [0, 0.1) is 17.8 Å². The lowest BCUT2D eigenvalue weighted by molar-refractivity contribution is 0.190. The zero-order valence-electron chi connectivity index (χ0n) is 11.4. The molecule has 96 valence electrons. The lowest BCUT2D eigenvalue weighted by Gasteiger charge is -2.29. The summed E-state index contributed by atoms with van der Waals surface area (Å²) in [6.45, 7) is 11.6. The molecule has 3 atom stereocenters. The van der Waals surface area contributed by atoms with E-state index in [0.717, 1.165) is 24.3 Å². The molecular formula is C14H30N2. The van der Waals surface area contributed by atoms with E-state index in [9.17, 15) is 0 Å². The van der Waals surface area contributed by atoms with Crippen LogP contribution in [0.15, 0.2) is 0 Å². The Morgan fingerprint density at radius 2 is 1.94 bits per heavy atom. The SMILES string of the molecule is CCC(C)CN(CC)CC1CCCC1CN. The highest BCUT2D eigenvalue weighted by Gasteiger charge is 2.27. The van der Waals surface area contributed by atoms with Gasteiger partial charge < -0.3 is 10.6 Å². The third kappa shape index (κ3) is 4.06. The Labute approximate surface area is 102 Å². The van der Waals surface area contributed by atoms with Gasteiger partial charge >= 0.3 is 0 Å². The molecule has 1 saturated carbocycles. The van der Waals surface area contributed by atoms with Gasteiger partial charge in [-0.25, -0.2) is 0 Å². The number of hydrogen-bond acceptors (Lipinski definition) is 2. The summed E-state index contributed by atoms with van der Waals surface area (Å²) in [6.07, 6.45) is 5.45. The van der Waals surface area contributed by atoms with Crippen LogP contribution in [0.5, 0.6) is 0 Å². The van der Waals surface area contributed by atoms with Gasteiger partial charge in [0.25, 0.3) is 0 Å². The van der Waals surface area contributed by atoms with E-state index in [-0.39, 0.29) is 0 Å². The molecule has 1 rings (SSSR count). The molecule has 0 radical (unpaired) electrons. The Morgan fingerprint density at radius 1 is 1.25 bits per heavy atom. The van der Waals surface area contributed by atoms with Crippen molar-refractivity contribution >= 4 is 0 Å². The molecule has 16 heavy (non-hydrogen) atoms. The maximum atomic E-state index is 5.85. The minimum absolute atomic E-state index is 0.797. The first-order chi connectivity index (χ1) is 7.71. The maximum absolute atomic E-state index is 5.85. The summed E-state index contributed by atoms with van der Waals surface area (Å²) in [7, 11) is 0. The van der Waals surface area contributed by atoms with Crippen molar-refractivity contribution in [2.45, 2.75) is 46.5 Å². The highest BCUT2D eigenvalue weighted by molar-refractivity contribution is 4.80. The quantitative estimate of drug-likeness (QED) is 0.723. The van der Waals surface area contributed by atoms with Crippen molar-refractivity contribution in [2.24, 2.45) is 23.5 Å². The van der Waals surface area contributed by atoms with Crippen LogP contribution in [0.2, 0.25) is 0 Å². The van der Waals surface area contributed by atoms with Gasteiger partial charge in [-0.1, -0.05) is 33.6 Å². The van der Waals surface area contributed by atoms with Gasteiger partial charge in [0, 0.05) is 13.1 Å². The average molecular weight is 226 g/mol. The van der Waals surface area contributed by atoms with E-state index in [1.54, 1.807) is 0 Å². The van der Waals surface area contributed by atoms with Crippen molar-refractivity contribution in [1.82, 2.24) is 4.90 Å². The average Bonchev–Trinajstić information content (AvgIpc) is 2.75. The number of rotatable bonds is 7. The number of hydrogen-bond donors (Lipinski definition) is 1. The fraction of sp³-hybridized carbons (Fsp3) is 1.00. The normalized spacial score (nSPS) is 27.6. The predicted octanol–water partition coefficient (Wildman–Crippen LogP) is 2.73. The van der Waals surface area contributed by atoms with Crippen molar-refractivity contribution in [1.29, 1.82) is 0 Å². The van der Waals surface area contributed by atoms with Crippen LogP contribution in [0.3, 0.4) is 0 Å². The summed E-state index contributed by atoms with van der Waals surface area (Å²) in [5.41, 5.74) is 5.85. The van der Waals surface area contributed by atoms with Crippen LogP contribution in [0.1, 0.15) is 46.5 Å². The molecule has 3 unspecified atom stereocenters.